The van der Waals surface area contributed by atoms with Crippen LogP contribution in [0.4, 0.5) is 10.9 Å². The molecule has 0 atom stereocenters. The minimum atomic E-state index is -3.75. The van der Waals surface area contributed by atoms with Gasteiger partial charge in [0.05, 0.1) is 23.8 Å². The molecule has 0 radical (unpaired) electrons. The molecular weight excluding hydrogens is 432 g/mol. The smallest absolute Gasteiger partial charge is 0.225 e. The Hall–Kier alpha value is -2.14. The predicted molar refractivity (Wildman–Crippen MR) is 111 cm³/mol. The maximum absolute atomic E-state index is 12.6. The molecule has 3 heterocycles. The zero-order chi connectivity index (χ0) is 20.3. The van der Waals surface area contributed by atoms with E-state index in [4.69, 9.17) is 11.6 Å². The molecule has 0 aliphatic carbocycles. The van der Waals surface area contributed by atoms with Crippen molar-refractivity contribution in [3.05, 3.63) is 46.7 Å². The largest absolute Gasteiger partial charge is 0.313 e. The SMILES string of the molecule is O=S(=O)(c1ccc(Cl)cc1)c1cnc(Nc2nnc(CN3CCCCC3)s2)cn1. The zero-order valence-electron chi connectivity index (χ0n) is 15.5. The Morgan fingerprint density at radius 1 is 1.03 bits per heavy atom. The quantitative estimate of drug-likeness (QED) is 0.608. The molecular formula is C18H19ClN6O2S2. The van der Waals surface area contributed by atoms with Crippen LogP contribution in [0.3, 0.4) is 0 Å². The average Bonchev–Trinajstić information content (AvgIpc) is 3.16. The van der Waals surface area contributed by atoms with Gasteiger partial charge in [-0.05, 0) is 50.2 Å². The Bertz CT molecular complexity index is 1060. The number of anilines is 2. The summed E-state index contributed by atoms with van der Waals surface area (Å²) in [5.41, 5.74) is 0. The van der Waals surface area contributed by atoms with E-state index in [2.05, 4.69) is 30.4 Å². The van der Waals surface area contributed by atoms with Crippen molar-refractivity contribution in [3.63, 3.8) is 0 Å². The molecule has 3 aromatic rings. The van der Waals surface area contributed by atoms with Gasteiger partial charge in [0.1, 0.15) is 5.01 Å². The normalized spacial score (nSPS) is 15.3. The summed E-state index contributed by atoms with van der Waals surface area (Å²) in [7, 11) is -3.75. The molecule has 8 nitrogen and oxygen atoms in total. The van der Waals surface area contributed by atoms with E-state index in [1.54, 1.807) is 0 Å². The average molecular weight is 451 g/mol. The molecule has 0 spiro atoms. The van der Waals surface area contributed by atoms with Crippen LogP contribution in [0.2, 0.25) is 5.02 Å². The first kappa shape index (κ1) is 20.1. The molecule has 1 aliphatic rings. The van der Waals surface area contributed by atoms with E-state index in [0.29, 0.717) is 16.0 Å². The molecule has 0 amide bonds. The van der Waals surface area contributed by atoms with Gasteiger partial charge in [-0.1, -0.05) is 29.4 Å². The first-order chi connectivity index (χ1) is 14.0. The van der Waals surface area contributed by atoms with Gasteiger partial charge in [-0.2, -0.15) is 0 Å². The molecule has 1 saturated heterocycles. The molecule has 1 aromatic carbocycles. The second-order valence-electron chi connectivity index (χ2n) is 6.66. The fourth-order valence-electron chi connectivity index (χ4n) is 3.04. The van der Waals surface area contributed by atoms with E-state index in [1.165, 1.54) is 67.3 Å². The highest BCUT2D eigenvalue weighted by molar-refractivity contribution is 7.91. The fraction of sp³-hybridized carbons (Fsp3) is 0.333. The van der Waals surface area contributed by atoms with Crippen molar-refractivity contribution in [1.82, 2.24) is 25.1 Å². The number of nitrogens with one attached hydrogen (secondary N) is 1. The Balaban J connectivity index is 1.42. The van der Waals surface area contributed by atoms with Gasteiger partial charge in [0.25, 0.3) is 0 Å². The van der Waals surface area contributed by atoms with Crippen LogP contribution in [0.15, 0.2) is 46.6 Å². The topological polar surface area (TPSA) is 101 Å². The summed E-state index contributed by atoms with van der Waals surface area (Å²) in [6, 6.07) is 5.93. The van der Waals surface area contributed by atoms with Gasteiger partial charge in [-0.3, -0.25) is 4.90 Å². The van der Waals surface area contributed by atoms with E-state index in [9.17, 15) is 8.42 Å². The molecule has 1 fully saturated rings. The minimum Gasteiger partial charge on any atom is -0.313 e. The molecule has 4 rings (SSSR count). The minimum absolute atomic E-state index is 0.114. The number of hydrogen-bond donors (Lipinski definition) is 1. The summed E-state index contributed by atoms with van der Waals surface area (Å²) < 4.78 is 25.2. The lowest BCUT2D eigenvalue weighted by Crippen LogP contribution is -2.28. The van der Waals surface area contributed by atoms with E-state index >= 15 is 0 Å². The number of rotatable bonds is 6. The Morgan fingerprint density at radius 3 is 2.48 bits per heavy atom. The van der Waals surface area contributed by atoms with Crippen LogP contribution in [0.1, 0.15) is 24.3 Å². The van der Waals surface area contributed by atoms with E-state index in [0.717, 1.165) is 24.6 Å². The third-order valence-electron chi connectivity index (χ3n) is 4.54. The van der Waals surface area contributed by atoms with Crippen molar-refractivity contribution in [2.75, 3.05) is 18.4 Å². The van der Waals surface area contributed by atoms with Gasteiger partial charge in [0, 0.05) is 5.02 Å². The molecule has 0 saturated carbocycles. The molecule has 1 aliphatic heterocycles. The Morgan fingerprint density at radius 2 is 1.79 bits per heavy atom. The summed E-state index contributed by atoms with van der Waals surface area (Å²) in [4.78, 5) is 10.7. The Labute approximate surface area is 177 Å². The van der Waals surface area contributed by atoms with Gasteiger partial charge >= 0.3 is 0 Å². The van der Waals surface area contributed by atoms with Gasteiger partial charge in [0.15, 0.2) is 10.8 Å². The third-order valence-corrected chi connectivity index (χ3v) is 7.27. The lowest BCUT2D eigenvalue weighted by molar-refractivity contribution is 0.220. The van der Waals surface area contributed by atoms with Crippen molar-refractivity contribution in [2.24, 2.45) is 0 Å². The van der Waals surface area contributed by atoms with E-state index in [-0.39, 0.29) is 9.92 Å². The van der Waals surface area contributed by atoms with Gasteiger partial charge in [-0.25, -0.2) is 18.4 Å². The fourth-order valence-corrected chi connectivity index (χ4v) is 5.07. The number of hydrogen-bond acceptors (Lipinski definition) is 9. The molecule has 0 bridgehead atoms. The number of likely N-dealkylation sites (tertiary alicyclic amines) is 1. The number of benzene rings is 1. The molecule has 11 heteroatoms. The lowest BCUT2D eigenvalue weighted by atomic mass is 10.1. The number of sulfone groups is 1. The third kappa shape index (κ3) is 4.89. The predicted octanol–water partition coefficient (Wildman–Crippen LogP) is 3.54. The summed E-state index contributed by atoms with van der Waals surface area (Å²) in [5, 5.41) is 13.2. The van der Waals surface area contributed by atoms with Crippen molar-refractivity contribution in [1.29, 1.82) is 0 Å². The van der Waals surface area contributed by atoms with Crippen LogP contribution in [0, 0.1) is 0 Å². The lowest BCUT2D eigenvalue weighted by Gasteiger charge is -2.24. The zero-order valence-corrected chi connectivity index (χ0v) is 17.8. The number of nitrogens with zero attached hydrogens (tertiary/aromatic N) is 5. The molecule has 29 heavy (non-hydrogen) atoms. The monoisotopic (exact) mass is 450 g/mol. The second kappa shape index (κ2) is 8.70. The van der Waals surface area contributed by atoms with Crippen molar-refractivity contribution in [3.8, 4) is 0 Å². The van der Waals surface area contributed by atoms with Crippen LogP contribution in [-0.4, -0.2) is 46.6 Å². The van der Waals surface area contributed by atoms with Gasteiger partial charge < -0.3 is 5.32 Å². The number of aromatic nitrogens is 4. The highest BCUT2D eigenvalue weighted by Crippen LogP contribution is 2.24. The Kier molecular flexibility index (Phi) is 6.04. The molecule has 152 valence electrons. The van der Waals surface area contributed by atoms with Crippen LogP contribution in [-0.2, 0) is 16.4 Å². The molecule has 2 aromatic heterocycles. The highest BCUT2D eigenvalue weighted by Gasteiger charge is 2.20. The van der Waals surface area contributed by atoms with Crippen molar-refractivity contribution < 1.29 is 8.42 Å². The number of piperidine rings is 1. The van der Waals surface area contributed by atoms with Crippen LogP contribution in [0.25, 0.3) is 0 Å². The van der Waals surface area contributed by atoms with Crippen molar-refractivity contribution in [2.45, 2.75) is 35.7 Å². The van der Waals surface area contributed by atoms with Crippen LogP contribution >= 0.6 is 22.9 Å². The molecule has 1 N–H and O–H groups in total. The van der Waals surface area contributed by atoms with Gasteiger partial charge in [-0.15, -0.1) is 10.2 Å². The first-order valence-electron chi connectivity index (χ1n) is 9.15. The molecule has 0 unspecified atom stereocenters. The maximum Gasteiger partial charge on any atom is 0.225 e. The van der Waals surface area contributed by atoms with Crippen molar-refractivity contribution >= 4 is 43.7 Å². The maximum atomic E-state index is 12.6. The van der Waals surface area contributed by atoms with Crippen LogP contribution < -0.4 is 5.32 Å². The second-order valence-corrected chi connectivity index (χ2v) is 10.1. The van der Waals surface area contributed by atoms with E-state index in [1.807, 2.05) is 0 Å². The van der Waals surface area contributed by atoms with E-state index < -0.39 is 9.84 Å². The highest BCUT2D eigenvalue weighted by atomic mass is 35.5. The van der Waals surface area contributed by atoms with Crippen LogP contribution in [0.5, 0.6) is 0 Å². The number of halogens is 1. The summed E-state index contributed by atoms with van der Waals surface area (Å²) in [6.45, 7) is 2.98. The summed E-state index contributed by atoms with van der Waals surface area (Å²) in [6.07, 6.45) is 6.34. The summed E-state index contributed by atoms with van der Waals surface area (Å²) >= 11 is 7.27. The summed E-state index contributed by atoms with van der Waals surface area (Å²) in [5.74, 6) is 0.403. The standard InChI is InChI=1S/C18H19ClN6O2S2/c19-13-4-6-14(7-5-13)29(26,27)17-11-20-15(10-21-17)22-18-24-23-16(28-18)12-25-8-2-1-3-9-25/h4-7,10-11H,1-3,8-9,12H2,(H,20,22,24). The first-order valence-corrected chi connectivity index (χ1v) is 11.8. The van der Waals surface area contributed by atoms with Gasteiger partial charge in [0.2, 0.25) is 15.0 Å².